The van der Waals surface area contributed by atoms with Gasteiger partial charge in [-0.1, -0.05) is 41.9 Å². The third kappa shape index (κ3) is 4.10. The van der Waals surface area contributed by atoms with Gasteiger partial charge in [-0.15, -0.1) is 0 Å². The number of nitrogens with one attached hydrogen (secondary N) is 1. The van der Waals surface area contributed by atoms with Crippen LogP contribution in [-0.2, 0) is 9.59 Å². The third-order valence-electron chi connectivity index (χ3n) is 4.72. The standard InChI is InChI=1S/C22H19ClN2O3/c23-17-6-8-19(9-7-17)25-13-18(12-22(25)27)24-21(26)14-28-20-10-5-15-3-1-2-4-16(15)11-20/h1-11,18H,12-14H2,(H,24,26)/t18-/m0/s1. The van der Waals surface area contributed by atoms with Crippen LogP contribution in [0, 0.1) is 0 Å². The van der Waals surface area contributed by atoms with Crippen molar-refractivity contribution in [2.45, 2.75) is 12.5 Å². The Morgan fingerprint density at radius 1 is 1.07 bits per heavy atom. The molecular formula is C22H19ClN2O3. The van der Waals surface area contributed by atoms with Crippen LogP contribution in [0.1, 0.15) is 6.42 Å². The van der Waals surface area contributed by atoms with Crippen LogP contribution < -0.4 is 15.0 Å². The highest BCUT2D eigenvalue weighted by atomic mass is 35.5. The first-order valence-corrected chi connectivity index (χ1v) is 9.43. The van der Waals surface area contributed by atoms with Gasteiger partial charge in [0.2, 0.25) is 5.91 Å². The molecule has 1 aliphatic rings. The molecule has 1 saturated heterocycles. The second kappa shape index (κ2) is 7.90. The van der Waals surface area contributed by atoms with Crippen molar-refractivity contribution in [3.8, 4) is 5.75 Å². The van der Waals surface area contributed by atoms with Gasteiger partial charge in [0.1, 0.15) is 5.75 Å². The Morgan fingerprint density at radius 3 is 2.61 bits per heavy atom. The normalized spacial score (nSPS) is 16.4. The molecule has 1 fully saturated rings. The zero-order valence-electron chi connectivity index (χ0n) is 15.1. The van der Waals surface area contributed by atoms with Crippen molar-refractivity contribution in [2.75, 3.05) is 18.1 Å². The Kier molecular flexibility index (Phi) is 5.17. The van der Waals surface area contributed by atoms with E-state index in [-0.39, 0.29) is 30.9 Å². The van der Waals surface area contributed by atoms with E-state index in [1.807, 2.05) is 42.5 Å². The van der Waals surface area contributed by atoms with Gasteiger partial charge in [-0.2, -0.15) is 0 Å². The summed E-state index contributed by atoms with van der Waals surface area (Å²) in [6.45, 7) is 0.339. The first-order chi connectivity index (χ1) is 13.6. The Balaban J connectivity index is 1.32. The predicted octanol–water partition coefficient (Wildman–Crippen LogP) is 3.79. The van der Waals surface area contributed by atoms with Crippen molar-refractivity contribution in [2.24, 2.45) is 0 Å². The summed E-state index contributed by atoms with van der Waals surface area (Å²) in [7, 11) is 0. The molecular weight excluding hydrogens is 376 g/mol. The number of anilines is 1. The lowest BCUT2D eigenvalue weighted by Crippen LogP contribution is -2.39. The molecule has 1 N–H and O–H groups in total. The van der Waals surface area contributed by atoms with E-state index in [0.29, 0.717) is 17.3 Å². The van der Waals surface area contributed by atoms with Crippen LogP contribution in [0.2, 0.25) is 5.02 Å². The number of benzene rings is 3. The van der Waals surface area contributed by atoms with Gasteiger partial charge in [-0.05, 0) is 47.2 Å². The number of carbonyl (C=O) groups excluding carboxylic acids is 2. The fourth-order valence-electron chi connectivity index (χ4n) is 3.35. The van der Waals surface area contributed by atoms with Gasteiger partial charge in [0.15, 0.2) is 6.61 Å². The van der Waals surface area contributed by atoms with Crippen LogP contribution in [0.15, 0.2) is 66.7 Å². The molecule has 0 aromatic heterocycles. The minimum Gasteiger partial charge on any atom is -0.484 e. The lowest BCUT2D eigenvalue weighted by atomic mass is 10.1. The number of ether oxygens (including phenoxy) is 1. The predicted molar refractivity (Wildman–Crippen MR) is 110 cm³/mol. The fourth-order valence-corrected chi connectivity index (χ4v) is 3.48. The molecule has 0 saturated carbocycles. The van der Waals surface area contributed by atoms with E-state index in [2.05, 4.69) is 5.32 Å². The van der Waals surface area contributed by atoms with Crippen molar-refractivity contribution in [1.29, 1.82) is 0 Å². The zero-order valence-corrected chi connectivity index (χ0v) is 15.9. The Bertz CT molecular complexity index is 1020. The third-order valence-corrected chi connectivity index (χ3v) is 4.97. The summed E-state index contributed by atoms with van der Waals surface area (Å²) in [4.78, 5) is 26.2. The topological polar surface area (TPSA) is 58.6 Å². The molecule has 4 rings (SSSR count). The fraction of sp³-hybridized carbons (Fsp3) is 0.182. The van der Waals surface area contributed by atoms with Gasteiger partial charge < -0.3 is 15.0 Å². The highest BCUT2D eigenvalue weighted by molar-refractivity contribution is 6.30. The summed E-state index contributed by atoms with van der Waals surface area (Å²) in [6, 6.07) is 20.5. The lowest BCUT2D eigenvalue weighted by Gasteiger charge is -2.17. The second-order valence-corrected chi connectivity index (χ2v) is 7.18. The van der Waals surface area contributed by atoms with Gasteiger partial charge >= 0.3 is 0 Å². The van der Waals surface area contributed by atoms with Crippen LogP contribution >= 0.6 is 11.6 Å². The number of halogens is 1. The maximum Gasteiger partial charge on any atom is 0.258 e. The molecule has 5 nitrogen and oxygen atoms in total. The van der Waals surface area contributed by atoms with Crippen LogP contribution in [-0.4, -0.2) is 31.0 Å². The van der Waals surface area contributed by atoms with Gasteiger partial charge in [0.05, 0.1) is 6.04 Å². The molecule has 3 aromatic rings. The van der Waals surface area contributed by atoms with E-state index < -0.39 is 0 Å². The quantitative estimate of drug-likeness (QED) is 0.716. The number of fused-ring (bicyclic) bond motifs is 1. The van der Waals surface area contributed by atoms with Gasteiger partial charge in [0, 0.05) is 23.7 Å². The number of amides is 2. The molecule has 142 valence electrons. The average molecular weight is 395 g/mol. The van der Waals surface area contributed by atoms with E-state index in [9.17, 15) is 9.59 Å². The zero-order chi connectivity index (χ0) is 19.5. The highest BCUT2D eigenvalue weighted by Crippen LogP contribution is 2.24. The maximum atomic E-state index is 12.3. The van der Waals surface area contributed by atoms with E-state index in [0.717, 1.165) is 16.5 Å². The summed E-state index contributed by atoms with van der Waals surface area (Å²) >= 11 is 5.90. The van der Waals surface area contributed by atoms with Crippen molar-refractivity contribution >= 4 is 39.9 Å². The van der Waals surface area contributed by atoms with Gasteiger partial charge in [-0.3, -0.25) is 9.59 Å². The molecule has 0 radical (unpaired) electrons. The Hall–Kier alpha value is -3.05. The molecule has 28 heavy (non-hydrogen) atoms. The van der Waals surface area contributed by atoms with Crippen molar-refractivity contribution < 1.29 is 14.3 Å². The SMILES string of the molecule is O=C(COc1ccc2ccccc2c1)N[C@H]1CC(=O)N(c2ccc(Cl)cc2)C1. The van der Waals surface area contributed by atoms with Crippen LogP contribution in [0.25, 0.3) is 10.8 Å². The average Bonchev–Trinajstić information content (AvgIpc) is 3.06. The number of rotatable bonds is 5. The first-order valence-electron chi connectivity index (χ1n) is 9.05. The monoisotopic (exact) mass is 394 g/mol. The molecule has 0 bridgehead atoms. The largest absolute Gasteiger partial charge is 0.484 e. The molecule has 0 unspecified atom stereocenters. The van der Waals surface area contributed by atoms with E-state index in [1.54, 1.807) is 29.2 Å². The van der Waals surface area contributed by atoms with Crippen molar-refractivity contribution in [1.82, 2.24) is 5.32 Å². The van der Waals surface area contributed by atoms with Crippen molar-refractivity contribution in [3.05, 3.63) is 71.8 Å². The maximum absolute atomic E-state index is 12.3. The molecule has 1 aliphatic heterocycles. The van der Waals surface area contributed by atoms with Gasteiger partial charge in [-0.25, -0.2) is 0 Å². The first kappa shape index (κ1) is 18.3. The Morgan fingerprint density at radius 2 is 1.82 bits per heavy atom. The summed E-state index contributed by atoms with van der Waals surface area (Å²) in [5.41, 5.74) is 0.776. The smallest absolute Gasteiger partial charge is 0.258 e. The number of nitrogens with zero attached hydrogens (tertiary/aromatic N) is 1. The van der Waals surface area contributed by atoms with E-state index in [4.69, 9.17) is 16.3 Å². The molecule has 1 atom stereocenters. The highest BCUT2D eigenvalue weighted by Gasteiger charge is 2.31. The molecule has 0 aliphatic carbocycles. The van der Waals surface area contributed by atoms with E-state index >= 15 is 0 Å². The molecule has 0 spiro atoms. The van der Waals surface area contributed by atoms with E-state index in [1.165, 1.54) is 0 Å². The minimum absolute atomic E-state index is 0.0249. The Labute approximate surface area is 167 Å². The van der Waals surface area contributed by atoms with Crippen LogP contribution in [0.3, 0.4) is 0 Å². The molecule has 2 amide bonds. The number of hydrogen-bond donors (Lipinski definition) is 1. The summed E-state index contributed by atoms with van der Waals surface area (Å²) in [6.07, 6.45) is 0.268. The molecule has 3 aromatic carbocycles. The number of carbonyl (C=O) groups is 2. The minimum atomic E-state index is -0.246. The summed E-state index contributed by atoms with van der Waals surface area (Å²) in [5, 5.41) is 5.66. The van der Waals surface area contributed by atoms with Gasteiger partial charge in [0.25, 0.3) is 5.91 Å². The molecule has 1 heterocycles. The second-order valence-electron chi connectivity index (χ2n) is 6.75. The summed E-state index contributed by atoms with van der Waals surface area (Å²) in [5.74, 6) is 0.367. The van der Waals surface area contributed by atoms with Crippen LogP contribution in [0.5, 0.6) is 5.75 Å². The molecule has 6 heteroatoms. The number of hydrogen-bond acceptors (Lipinski definition) is 3. The lowest BCUT2D eigenvalue weighted by molar-refractivity contribution is -0.123. The van der Waals surface area contributed by atoms with Crippen LogP contribution in [0.4, 0.5) is 5.69 Å². The summed E-state index contributed by atoms with van der Waals surface area (Å²) < 4.78 is 5.61. The van der Waals surface area contributed by atoms with Crippen molar-refractivity contribution in [3.63, 3.8) is 0 Å².